The van der Waals surface area contributed by atoms with Gasteiger partial charge in [0.05, 0.1) is 23.6 Å². The van der Waals surface area contributed by atoms with Crippen LogP contribution in [-0.4, -0.2) is 28.8 Å². The van der Waals surface area contributed by atoms with Gasteiger partial charge in [0.25, 0.3) is 5.91 Å². The molecule has 1 fully saturated rings. The summed E-state index contributed by atoms with van der Waals surface area (Å²) >= 11 is 1.30. The molecule has 0 unspecified atom stereocenters. The number of carbonyl (C=O) groups is 2. The molecule has 1 saturated heterocycles. The zero-order valence-corrected chi connectivity index (χ0v) is 16.4. The highest BCUT2D eigenvalue weighted by Gasteiger charge is 2.23. The lowest BCUT2D eigenvalue weighted by Crippen LogP contribution is -2.19. The van der Waals surface area contributed by atoms with Crippen molar-refractivity contribution in [2.45, 2.75) is 20.3 Å². The number of amidine groups is 1. The molecule has 0 aliphatic carbocycles. The van der Waals surface area contributed by atoms with Gasteiger partial charge in [0, 0.05) is 0 Å². The van der Waals surface area contributed by atoms with Crippen LogP contribution in [0.4, 0.5) is 5.69 Å². The van der Waals surface area contributed by atoms with Gasteiger partial charge in [-0.2, -0.15) is 0 Å². The van der Waals surface area contributed by atoms with Gasteiger partial charge in [-0.1, -0.05) is 29.8 Å². The van der Waals surface area contributed by atoms with E-state index >= 15 is 0 Å². The Morgan fingerprint density at radius 1 is 1.21 bits per heavy atom. The van der Waals surface area contributed by atoms with Crippen LogP contribution in [0.2, 0.25) is 0 Å². The maximum Gasteiger partial charge on any atom is 0.306 e. The van der Waals surface area contributed by atoms with E-state index in [4.69, 9.17) is 9.84 Å². The van der Waals surface area contributed by atoms with Crippen LogP contribution >= 0.6 is 11.8 Å². The average molecular weight is 396 g/mol. The van der Waals surface area contributed by atoms with Gasteiger partial charge in [-0.25, -0.2) is 4.99 Å². The van der Waals surface area contributed by atoms with Gasteiger partial charge in [-0.15, -0.1) is 0 Å². The summed E-state index contributed by atoms with van der Waals surface area (Å²) in [6, 6.07) is 13.1. The Kier molecular flexibility index (Phi) is 6.16. The average Bonchev–Trinajstić information content (AvgIpc) is 2.98. The summed E-state index contributed by atoms with van der Waals surface area (Å²) in [5.74, 6) is -0.497. The Morgan fingerprint density at radius 2 is 1.96 bits per heavy atom. The first-order chi connectivity index (χ1) is 13.4. The van der Waals surface area contributed by atoms with E-state index in [0.717, 1.165) is 16.8 Å². The second-order valence-electron chi connectivity index (χ2n) is 6.33. The number of aliphatic carboxylic acids is 1. The van der Waals surface area contributed by atoms with Crippen LogP contribution in [0, 0.1) is 13.8 Å². The molecule has 0 radical (unpaired) electrons. The van der Waals surface area contributed by atoms with E-state index in [9.17, 15) is 9.59 Å². The summed E-state index contributed by atoms with van der Waals surface area (Å²) in [4.78, 5) is 27.8. The molecule has 7 heteroatoms. The van der Waals surface area contributed by atoms with Crippen LogP contribution in [0.1, 0.15) is 23.1 Å². The Balaban J connectivity index is 1.68. The third kappa shape index (κ3) is 5.23. The summed E-state index contributed by atoms with van der Waals surface area (Å²) in [6.07, 6.45) is 1.73. The molecule has 1 amide bonds. The monoisotopic (exact) mass is 396 g/mol. The number of hydrogen-bond donors (Lipinski definition) is 2. The van der Waals surface area contributed by atoms with E-state index in [-0.39, 0.29) is 18.9 Å². The number of ether oxygens (including phenoxy) is 1. The fourth-order valence-corrected chi connectivity index (χ4v) is 3.42. The Morgan fingerprint density at radius 3 is 2.64 bits per heavy atom. The summed E-state index contributed by atoms with van der Waals surface area (Å²) in [5, 5.41) is 12.0. The summed E-state index contributed by atoms with van der Waals surface area (Å²) in [5.41, 5.74) is 3.90. The van der Waals surface area contributed by atoms with E-state index in [0.29, 0.717) is 15.8 Å². The van der Waals surface area contributed by atoms with Crippen LogP contribution in [0.5, 0.6) is 5.75 Å². The van der Waals surface area contributed by atoms with Crippen molar-refractivity contribution >= 4 is 40.6 Å². The molecule has 28 heavy (non-hydrogen) atoms. The number of nitrogens with zero attached hydrogens (tertiary/aromatic N) is 1. The van der Waals surface area contributed by atoms with Crippen molar-refractivity contribution in [3.05, 3.63) is 64.1 Å². The zero-order chi connectivity index (χ0) is 20.1. The largest absolute Gasteiger partial charge is 0.493 e. The van der Waals surface area contributed by atoms with Gasteiger partial charge in [0.2, 0.25) is 0 Å². The molecule has 1 heterocycles. The molecule has 2 N–H and O–H groups in total. The number of thioether (sulfide) groups is 1. The lowest BCUT2D eigenvalue weighted by Gasteiger charge is -2.04. The van der Waals surface area contributed by atoms with E-state index in [1.54, 1.807) is 18.2 Å². The van der Waals surface area contributed by atoms with Crippen molar-refractivity contribution in [1.82, 2.24) is 5.32 Å². The highest BCUT2D eigenvalue weighted by atomic mass is 32.2. The summed E-state index contributed by atoms with van der Waals surface area (Å²) in [6.45, 7) is 4.14. The number of aryl methyl sites for hydroxylation is 2. The number of amides is 1. The number of carbonyl (C=O) groups excluding carboxylic acids is 1. The van der Waals surface area contributed by atoms with Crippen LogP contribution in [-0.2, 0) is 9.59 Å². The molecule has 3 rings (SSSR count). The van der Waals surface area contributed by atoms with Crippen molar-refractivity contribution < 1.29 is 19.4 Å². The van der Waals surface area contributed by atoms with Crippen molar-refractivity contribution in [3.8, 4) is 5.75 Å². The molecular formula is C21H20N2O4S. The zero-order valence-electron chi connectivity index (χ0n) is 15.6. The Bertz CT molecular complexity index is 965. The molecule has 0 aromatic heterocycles. The Labute approximate surface area is 167 Å². The van der Waals surface area contributed by atoms with Gasteiger partial charge < -0.3 is 15.2 Å². The van der Waals surface area contributed by atoms with Crippen LogP contribution < -0.4 is 10.1 Å². The minimum atomic E-state index is -0.899. The second kappa shape index (κ2) is 8.75. The fourth-order valence-electron chi connectivity index (χ4n) is 2.59. The van der Waals surface area contributed by atoms with E-state index < -0.39 is 5.97 Å². The first-order valence-corrected chi connectivity index (χ1v) is 9.54. The molecule has 0 bridgehead atoms. The SMILES string of the molecule is Cc1ccc(N=C2NC(=O)/C(=C\c3ccc(OCCC(=O)O)cc3)S2)c(C)c1. The molecule has 1 aliphatic rings. The van der Waals surface area contributed by atoms with Crippen LogP contribution in [0.15, 0.2) is 52.4 Å². The number of rotatable bonds is 6. The van der Waals surface area contributed by atoms with Gasteiger partial charge in [0.1, 0.15) is 5.75 Å². The van der Waals surface area contributed by atoms with Crippen molar-refractivity contribution in [2.75, 3.05) is 6.61 Å². The molecular weight excluding hydrogens is 376 g/mol. The first-order valence-electron chi connectivity index (χ1n) is 8.72. The van der Waals surface area contributed by atoms with Crippen molar-refractivity contribution in [3.63, 3.8) is 0 Å². The van der Waals surface area contributed by atoms with Gasteiger partial charge in [-0.05, 0) is 61.0 Å². The quantitative estimate of drug-likeness (QED) is 0.719. The van der Waals surface area contributed by atoms with Crippen LogP contribution in [0.25, 0.3) is 6.08 Å². The highest BCUT2D eigenvalue weighted by molar-refractivity contribution is 8.18. The van der Waals surface area contributed by atoms with Gasteiger partial charge in [-0.3, -0.25) is 9.59 Å². The third-order valence-electron chi connectivity index (χ3n) is 3.99. The highest BCUT2D eigenvalue weighted by Crippen LogP contribution is 2.29. The molecule has 144 valence electrons. The smallest absolute Gasteiger partial charge is 0.306 e. The summed E-state index contributed by atoms with van der Waals surface area (Å²) in [7, 11) is 0. The van der Waals surface area contributed by atoms with E-state index in [1.807, 2.05) is 38.1 Å². The predicted molar refractivity (Wildman–Crippen MR) is 111 cm³/mol. The first kappa shape index (κ1) is 19.7. The topological polar surface area (TPSA) is 88.0 Å². The van der Waals surface area contributed by atoms with Crippen molar-refractivity contribution in [1.29, 1.82) is 0 Å². The van der Waals surface area contributed by atoms with E-state index in [2.05, 4.69) is 16.4 Å². The minimum absolute atomic E-state index is 0.0504. The molecule has 0 atom stereocenters. The third-order valence-corrected chi connectivity index (χ3v) is 4.90. The van der Waals surface area contributed by atoms with Crippen molar-refractivity contribution in [2.24, 2.45) is 4.99 Å². The lowest BCUT2D eigenvalue weighted by molar-refractivity contribution is -0.137. The second-order valence-corrected chi connectivity index (χ2v) is 7.36. The van der Waals surface area contributed by atoms with E-state index in [1.165, 1.54) is 17.3 Å². The number of aliphatic imine (C=N–C) groups is 1. The van der Waals surface area contributed by atoms with Crippen LogP contribution in [0.3, 0.4) is 0 Å². The summed E-state index contributed by atoms with van der Waals surface area (Å²) < 4.78 is 5.36. The number of benzene rings is 2. The number of nitrogens with one attached hydrogen (secondary N) is 1. The lowest BCUT2D eigenvalue weighted by atomic mass is 10.1. The molecule has 2 aromatic rings. The molecule has 0 spiro atoms. The molecule has 1 aliphatic heterocycles. The maximum atomic E-state index is 12.2. The number of carboxylic acids is 1. The van der Waals surface area contributed by atoms with Gasteiger partial charge >= 0.3 is 5.97 Å². The standard InChI is InChI=1S/C21H20N2O4S/c1-13-3-8-17(14(2)11-13)22-21-23-20(26)18(28-21)12-15-4-6-16(7-5-15)27-10-9-19(24)25/h3-8,11-12H,9-10H2,1-2H3,(H,24,25)(H,22,23,26)/b18-12+. The maximum absolute atomic E-state index is 12.2. The molecule has 6 nitrogen and oxygen atoms in total. The predicted octanol–water partition coefficient (Wildman–Crippen LogP) is 4.05. The van der Waals surface area contributed by atoms with Gasteiger partial charge in [0.15, 0.2) is 5.17 Å². The fraction of sp³-hybridized carbons (Fsp3) is 0.190. The Hall–Kier alpha value is -3.06. The minimum Gasteiger partial charge on any atom is -0.493 e. The number of hydrogen-bond acceptors (Lipinski definition) is 5. The molecule has 2 aromatic carbocycles. The normalized spacial score (nSPS) is 16.4. The number of carboxylic acid groups (broad SMARTS) is 1. The molecule has 0 saturated carbocycles.